The van der Waals surface area contributed by atoms with Crippen LogP contribution in [-0.2, 0) is 0 Å². The van der Waals surface area contributed by atoms with Gasteiger partial charge in [0.25, 0.3) is 0 Å². The molecule has 18 heavy (non-hydrogen) atoms. The first kappa shape index (κ1) is 12.2. The van der Waals surface area contributed by atoms with Crippen LogP contribution in [0.2, 0.25) is 0 Å². The van der Waals surface area contributed by atoms with Gasteiger partial charge in [-0.3, -0.25) is 0 Å². The van der Waals surface area contributed by atoms with Crippen molar-refractivity contribution in [3.05, 3.63) is 35.6 Å². The number of hydrogen-bond acceptors (Lipinski definition) is 1. The Bertz CT molecular complexity index is 404. The second-order valence-corrected chi connectivity index (χ2v) is 6.41. The number of nitrogens with one attached hydrogen (secondary N) is 1. The maximum atomic E-state index is 13.0. The van der Waals surface area contributed by atoms with Crippen molar-refractivity contribution >= 4 is 0 Å². The van der Waals surface area contributed by atoms with Gasteiger partial charge >= 0.3 is 0 Å². The molecule has 0 radical (unpaired) electrons. The van der Waals surface area contributed by atoms with E-state index >= 15 is 0 Å². The molecule has 3 rings (SSSR count). The summed E-state index contributed by atoms with van der Waals surface area (Å²) in [6.07, 6.45) is 6.70. The van der Waals surface area contributed by atoms with Gasteiger partial charge < -0.3 is 5.32 Å². The second kappa shape index (κ2) is 4.65. The van der Waals surface area contributed by atoms with Gasteiger partial charge in [0.2, 0.25) is 0 Å². The van der Waals surface area contributed by atoms with E-state index in [1.807, 2.05) is 12.1 Å². The summed E-state index contributed by atoms with van der Waals surface area (Å²) in [5.41, 5.74) is 1.76. The fourth-order valence-electron chi connectivity index (χ4n) is 2.97. The van der Waals surface area contributed by atoms with Gasteiger partial charge in [-0.05, 0) is 54.7 Å². The Balaban J connectivity index is 1.66. The van der Waals surface area contributed by atoms with Gasteiger partial charge in [0.05, 0.1) is 0 Å². The summed E-state index contributed by atoms with van der Waals surface area (Å²) >= 11 is 0. The zero-order chi connectivity index (χ0) is 12.6. The summed E-state index contributed by atoms with van der Waals surface area (Å²) in [5.74, 6) is 0.624. The summed E-state index contributed by atoms with van der Waals surface area (Å²) in [4.78, 5) is 0. The molecule has 1 N–H and O–H groups in total. The molecular weight excluding hydrogens is 225 g/mol. The molecule has 0 aliphatic heterocycles. The predicted octanol–water partition coefficient (Wildman–Crippen LogP) is 4.06. The van der Waals surface area contributed by atoms with Crippen LogP contribution in [0.3, 0.4) is 0 Å². The standard InChI is InChI=1S/C16H22FN/c1-16(9-2-10-16)11-18-15(12-3-4-12)13-5-7-14(17)8-6-13/h5-8,12,15,18H,2-4,9-11H2,1H3. The van der Waals surface area contributed by atoms with Crippen molar-refractivity contribution in [1.82, 2.24) is 5.32 Å². The largest absolute Gasteiger partial charge is 0.309 e. The molecule has 0 spiro atoms. The van der Waals surface area contributed by atoms with Gasteiger partial charge in [-0.15, -0.1) is 0 Å². The third-order valence-electron chi connectivity index (χ3n) is 4.63. The molecule has 0 bridgehead atoms. The Kier molecular flexibility index (Phi) is 3.14. The Morgan fingerprint density at radius 2 is 1.94 bits per heavy atom. The fourth-order valence-corrected chi connectivity index (χ4v) is 2.97. The molecule has 2 saturated carbocycles. The Morgan fingerprint density at radius 1 is 1.28 bits per heavy atom. The monoisotopic (exact) mass is 247 g/mol. The smallest absolute Gasteiger partial charge is 0.123 e. The molecule has 1 unspecified atom stereocenters. The molecule has 1 aromatic carbocycles. The SMILES string of the molecule is CC1(CNC(c2ccc(F)cc2)C2CC2)CCC1. The summed E-state index contributed by atoms with van der Waals surface area (Å²) in [6, 6.07) is 7.47. The third-order valence-corrected chi connectivity index (χ3v) is 4.63. The average molecular weight is 247 g/mol. The maximum absolute atomic E-state index is 13.0. The summed E-state index contributed by atoms with van der Waals surface area (Å²) in [7, 11) is 0. The zero-order valence-electron chi connectivity index (χ0n) is 11.1. The Hall–Kier alpha value is -0.890. The second-order valence-electron chi connectivity index (χ2n) is 6.41. The first-order valence-electron chi connectivity index (χ1n) is 7.15. The molecule has 2 fully saturated rings. The van der Waals surface area contributed by atoms with Crippen LogP contribution in [0.4, 0.5) is 4.39 Å². The Labute approximate surface area is 109 Å². The molecule has 0 aromatic heterocycles. The molecular formula is C16H22FN. The van der Waals surface area contributed by atoms with Crippen LogP contribution in [0.25, 0.3) is 0 Å². The van der Waals surface area contributed by atoms with E-state index in [1.54, 1.807) is 12.1 Å². The van der Waals surface area contributed by atoms with E-state index in [1.165, 1.54) is 37.7 Å². The van der Waals surface area contributed by atoms with Crippen molar-refractivity contribution in [2.75, 3.05) is 6.54 Å². The van der Waals surface area contributed by atoms with Gasteiger partial charge in [-0.1, -0.05) is 25.5 Å². The van der Waals surface area contributed by atoms with Gasteiger partial charge in [0.15, 0.2) is 0 Å². The predicted molar refractivity (Wildman–Crippen MR) is 71.8 cm³/mol. The van der Waals surface area contributed by atoms with E-state index in [2.05, 4.69) is 12.2 Å². The van der Waals surface area contributed by atoms with E-state index in [4.69, 9.17) is 0 Å². The first-order chi connectivity index (χ1) is 8.66. The quantitative estimate of drug-likeness (QED) is 0.827. The molecule has 98 valence electrons. The van der Waals surface area contributed by atoms with Crippen molar-refractivity contribution in [3.8, 4) is 0 Å². The van der Waals surface area contributed by atoms with Gasteiger partial charge in [-0.25, -0.2) is 4.39 Å². The van der Waals surface area contributed by atoms with Crippen LogP contribution in [0, 0.1) is 17.2 Å². The molecule has 0 saturated heterocycles. The molecule has 2 heteroatoms. The van der Waals surface area contributed by atoms with E-state index in [0.29, 0.717) is 11.5 Å². The molecule has 1 nitrogen and oxygen atoms in total. The van der Waals surface area contributed by atoms with Crippen LogP contribution >= 0.6 is 0 Å². The normalized spacial score (nSPS) is 23.4. The number of benzene rings is 1. The van der Waals surface area contributed by atoms with Gasteiger partial charge in [0.1, 0.15) is 5.82 Å². The molecule has 1 atom stereocenters. The zero-order valence-corrected chi connectivity index (χ0v) is 11.1. The number of halogens is 1. The minimum atomic E-state index is -0.140. The van der Waals surface area contributed by atoms with Crippen LogP contribution in [0.5, 0.6) is 0 Å². The van der Waals surface area contributed by atoms with Crippen molar-refractivity contribution in [2.45, 2.75) is 45.1 Å². The van der Waals surface area contributed by atoms with Crippen LogP contribution in [0.1, 0.15) is 50.6 Å². The van der Waals surface area contributed by atoms with Crippen molar-refractivity contribution in [3.63, 3.8) is 0 Å². The van der Waals surface area contributed by atoms with Gasteiger partial charge in [-0.2, -0.15) is 0 Å². The lowest BCUT2D eigenvalue weighted by atomic mass is 9.70. The molecule has 2 aliphatic carbocycles. The fraction of sp³-hybridized carbons (Fsp3) is 0.625. The van der Waals surface area contributed by atoms with Crippen LogP contribution in [-0.4, -0.2) is 6.54 Å². The van der Waals surface area contributed by atoms with Crippen molar-refractivity contribution < 1.29 is 4.39 Å². The van der Waals surface area contributed by atoms with Crippen molar-refractivity contribution in [2.24, 2.45) is 11.3 Å². The minimum Gasteiger partial charge on any atom is -0.309 e. The lowest BCUT2D eigenvalue weighted by molar-refractivity contribution is 0.148. The topological polar surface area (TPSA) is 12.0 Å². The molecule has 2 aliphatic rings. The highest BCUT2D eigenvalue weighted by Gasteiger charge is 2.36. The lowest BCUT2D eigenvalue weighted by Crippen LogP contribution is -2.39. The van der Waals surface area contributed by atoms with E-state index in [0.717, 1.165) is 12.5 Å². The first-order valence-corrected chi connectivity index (χ1v) is 7.15. The number of hydrogen-bond donors (Lipinski definition) is 1. The minimum absolute atomic E-state index is 0.140. The number of rotatable bonds is 5. The third kappa shape index (κ3) is 2.59. The lowest BCUT2D eigenvalue weighted by Gasteiger charge is -2.40. The summed E-state index contributed by atoms with van der Waals surface area (Å²) in [6.45, 7) is 3.48. The summed E-state index contributed by atoms with van der Waals surface area (Å²) in [5, 5.41) is 3.74. The highest BCUT2D eigenvalue weighted by atomic mass is 19.1. The van der Waals surface area contributed by atoms with Crippen molar-refractivity contribution in [1.29, 1.82) is 0 Å². The molecule has 1 aromatic rings. The van der Waals surface area contributed by atoms with E-state index in [-0.39, 0.29) is 5.82 Å². The Morgan fingerprint density at radius 3 is 2.44 bits per heavy atom. The van der Waals surface area contributed by atoms with E-state index in [9.17, 15) is 4.39 Å². The highest BCUT2D eigenvalue weighted by Crippen LogP contribution is 2.44. The van der Waals surface area contributed by atoms with Crippen LogP contribution in [0.15, 0.2) is 24.3 Å². The summed E-state index contributed by atoms with van der Waals surface area (Å²) < 4.78 is 13.0. The molecule has 0 amide bonds. The highest BCUT2D eigenvalue weighted by molar-refractivity contribution is 5.22. The van der Waals surface area contributed by atoms with Crippen LogP contribution < -0.4 is 5.32 Å². The van der Waals surface area contributed by atoms with Gasteiger partial charge in [0, 0.05) is 12.6 Å². The van der Waals surface area contributed by atoms with E-state index < -0.39 is 0 Å². The average Bonchev–Trinajstić information content (AvgIpc) is 3.14. The maximum Gasteiger partial charge on any atom is 0.123 e. The molecule has 0 heterocycles.